The smallest absolute Gasteiger partial charge is 0.292 e. The molecule has 1 amide bonds. The fraction of sp³-hybridized carbons (Fsp3) is 0.316. The standard InChI is InChI=1S/C19H15Cl4NO4/c20-11-2-5-15(14(23)10-11)26-7-1-6-24-17-13(22)4-3-12(21)16(17)19(18(24)25)27-8-9-28-19/h2-5,10H,1,6-9H2. The van der Waals surface area contributed by atoms with E-state index in [0.29, 0.717) is 69.9 Å². The lowest BCUT2D eigenvalue weighted by atomic mass is 10.1. The van der Waals surface area contributed by atoms with Crippen molar-refractivity contribution in [2.45, 2.75) is 12.2 Å². The Morgan fingerprint density at radius 1 is 1.00 bits per heavy atom. The van der Waals surface area contributed by atoms with Gasteiger partial charge in [0.1, 0.15) is 5.75 Å². The van der Waals surface area contributed by atoms with Gasteiger partial charge < -0.3 is 19.1 Å². The summed E-state index contributed by atoms with van der Waals surface area (Å²) >= 11 is 24.7. The lowest BCUT2D eigenvalue weighted by Gasteiger charge is -2.22. The Labute approximate surface area is 182 Å². The van der Waals surface area contributed by atoms with Crippen molar-refractivity contribution in [3.63, 3.8) is 0 Å². The summed E-state index contributed by atoms with van der Waals surface area (Å²) in [4.78, 5) is 14.7. The molecule has 0 N–H and O–H groups in total. The Hall–Kier alpha value is -1.21. The molecule has 4 rings (SSSR count). The van der Waals surface area contributed by atoms with Gasteiger partial charge in [0.05, 0.1) is 46.1 Å². The van der Waals surface area contributed by atoms with E-state index in [1.54, 1.807) is 35.2 Å². The molecule has 9 heteroatoms. The summed E-state index contributed by atoms with van der Waals surface area (Å²) in [5.41, 5.74) is 0.983. The molecule has 0 unspecified atom stereocenters. The fourth-order valence-corrected chi connectivity index (χ4v) is 4.39. The van der Waals surface area contributed by atoms with Crippen molar-refractivity contribution in [2.24, 2.45) is 0 Å². The third-order valence-electron chi connectivity index (χ3n) is 4.58. The van der Waals surface area contributed by atoms with E-state index >= 15 is 0 Å². The minimum absolute atomic E-state index is 0.306. The molecule has 0 aliphatic carbocycles. The Balaban J connectivity index is 1.51. The third-order valence-corrected chi connectivity index (χ3v) is 5.73. The molecule has 2 aliphatic heterocycles. The molecule has 28 heavy (non-hydrogen) atoms. The molecule has 0 radical (unpaired) electrons. The van der Waals surface area contributed by atoms with E-state index in [1.807, 2.05) is 0 Å². The molecule has 2 aromatic rings. The highest BCUT2D eigenvalue weighted by Gasteiger charge is 2.57. The number of anilines is 1. The monoisotopic (exact) mass is 461 g/mol. The van der Waals surface area contributed by atoms with E-state index in [-0.39, 0.29) is 5.91 Å². The van der Waals surface area contributed by atoms with Crippen LogP contribution < -0.4 is 9.64 Å². The van der Waals surface area contributed by atoms with Gasteiger partial charge in [0.2, 0.25) is 0 Å². The minimum Gasteiger partial charge on any atom is -0.492 e. The number of carbonyl (C=O) groups excluding carboxylic acids is 1. The molecule has 1 spiro atoms. The van der Waals surface area contributed by atoms with Crippen molar-refractivity contribution in [1.82, 2.24) is 0 Å². The zero-order valence-corrected chi connectivity index (χ0v) is 17.5. The number of hydrogen-bond donors (Lipinski definition) is 0. The molecule has 148 valence electrons. The molecule has 5 nitrogen and oxygen atoms in total. The lowest BCUT2D eigenvalue weighted by Crippen LogP contribution is -2.42. The second-order valence-electron chi connectivity index (χ2n) is 6.30. The molecule has 1 saturated heterocycles. The van der Waals surface area contributed by atoms with E-state index in [0.717, 1.165) is 0 Å². The summed E-state index contributed by atoms with van der Waals surface area (Å²) in [7, 11) is 0. The maximum atomic E-state index is 13.1. The molecule has 2 aromatic carbocycles. The Bertz CT molecular complexity index is 930. The Morgan fingerprint density at radius 2 is 1.71 bits per heavy atom. The van der Waals surface area contributed by atoms with E-state index in [4.69, 9.17) is 60.6 Å². The van der Waals surface area contributed by atoms with Crippen molar-refractivity contribution < 1.29 is 19.0 Å². The molecule has 0 atom stereocenters. The molecule has 0 aromatic heterocycles. The van der Waals surface area contributed by atoms with Crippen LogP contribution in [0.5, 0.6) is 5.75 Å². The van der Waals surface area contributed by atoms with Crippen LogP contribution in [0.3, 0.4) is 0 Å². The topological polar surface area (TPSA) is 48.0 Å². The first-order valence-electron chi connectivity index (χ1n) is 8.60. The van der Waals surface area contributed by atoms with Crippen molar-refractivity contribution in [1.29, 1.82) is 0 Å². The number of hydrogen-bond acceptors (Lipinski definition) is 4. The van der Waals surface area contributed by atoms with Gasteiger partial charge in [-0.2, -0.15) is 0 Å². The number of halogens is 4. The Morgan fingerprint density at radius 3 is 2.43 bits per heavy atom. The average Bonchev–Trinajstić information content (AvgIpc) is 3.24. The van der Waals surface area contributed by atoms with E-state index < -0.39 is 5.79 Å². The zero-order valence-electron chi connectivity index (χ0n) is 14.5. The predicted octanol–water partition coefficient (Wildman–Crippen LogP) is 5.32. The predicted molar refractivity (Wildman–Crippen MR) is 109 cm³/mol. The average molecular weight is 463 g/mol. The van der Waals surface area contributed by atoms with Crippen LogP contribution in [-0.2, 0) is 20.1 Å². The summed E-state index contributed by atoms with van der Waals surface area (Å²) in [5.74, 6) is -1.32. The minimum atomic E-state index is -1.52. The number of benzene rings is 2. The normalized spacial score (nSPS) is 17.4. The first kappa shape index (κ1) is 20.1. The number of ether oxygens (including phenoxy) is 3. The lowest BCUT2D eigenvalue weighted by molar-refractivity contribution is -0.180. The number of carbonyl (C=O) groups is 1. The van der Waals surface area contributed by atoms with Gasteiger partial charge in [0.25, 0.3) is 11.7 Å². The van der Waals surface area contributed by atoms with Crippen molar-refractivity contribution in [3.8, 4) is 5.75 Å². The Kier molecular flexibility index (Phi) is 5.67. The second-order valence-corrected chi connectivity index (χ2v) is 7.96. The van der Waals surface area contributed by atoms with Crippen LogP contribution in [0.15, 0.2) is 30.3 Å². The van der Waals surface area contributed by atoms with Gasteiger partial charge in [-0.1, -0.05) is 46.4 Å². The van der Waals surface area contributed by atoms with Gasteiger partial charge >= 0.3 is 0 Å². The number of rotatable bonds is 5. The van der Waals surface area contributed by atoms with Crippen LogP contribution in [-0.4, -0.2) is 32.3 Å². The fourth-order valence-electron chi connectivity index (χ4n) is 3.39. The summed E-state index contributed by atoms with van der Waals surface area (Å²) in [6.45, 7) is 1.30. The molecule has 0 bridgehead atoms. The molecule has 2 aliphatic rings. The molecular formula is C19H15Cl4NO4. The van der Waals surface area contributed by atoms with E-state index in [1.165, 1.54) is 0 Å². The summed E-state index contributed by atoms with van der Waals surface area (Å²) < 4.78 is 17.1. The van der Waals surface area contributed by atoms with Gasteiger partial charge in [-0.25, -0.2) is 0 Å². The van der Waals surface area contributed by atoms with Crippen LogP contribution in [0.1, 0.15) is 12.0 Å². The third kappa shape index (κ3) is 3.34. The SMILES string of the molecule is O=C1N(CCCOc2ccc(Cl)cc2Cl)c2c(Cl)ccc(Cl)c2C12OCCO2. The molecule has 1 fully saturated rings. The van der Waals surface area contributed by atoms with E-state index in [9.17, 15) is 4.79 Å². The number of amides is 1. The van der Waals surface area contributed by atoms with Crippen LogP contribution >= 0.6 is 46.4 Å². The van der Waals surface area contributed by atoms with Crippen molar-refractivity contribution in [3.05, 3.63) is 56.0 Å². The van der Waals surface area contributed by atoms with Crippen molar-refractivity contribution in [2.75, 3.05) is 31.3 Å². The first-order valence-corrected chi connectivity index (χ1v) is 10.1. The van der Waals surface area contributed by atoms with Crippen LogP contribution in [0.2, 0.25) is 20.1 Å². The first-order chi connectivity index (χ1) is 13.4. The van der Waals surface area contributed by atoms with E-state index in [2.05, 4.69) is 0 Å². The molecular weight excluding hydrogens is 448 g/mol. The maximum Gasteiger partial charge on any atom is 0.292 e. The largest absolute Gasteiger partial charge is 0.492 e. The van der Waals surface area contributed by atoms with Crippen molar-refractivity contribution >= 4 is 58.0 Å². The summed E-state index contributed by atoms with van der Waals surface area (Å²) in [6.07, 6.45) is 0.531. The van der Waals surface area contributed by atoms with Gasteiger partial charge in [-0.3, -0.25) is 4.79 Å². The number of nitrogens with zero attached hydrogens (tertiary/aromatic N) is 1. The van der Waals surface area contributed by atoms with Crippen LogP contribution in [0.4, 0.5) is 5.69 Å². The summed E-state index contributed by atoms with van der Waals surface area (Å²) in [5, 5.41) is 1.74. The number of fused-ring (bicyclic) bond motifs is 2. The highest BCUT2D eigenvalue weighted by molar-refractivity contribution is 6.38. The highest BCUT2D eigenvalue weighted by atomic mass is 35.5. The molecule has 2 heterocycles. The van der Waals surface area contributed by atoms with Gasteiger partial charge in [-0.05, 0) is 36.8 Å². The van der Waals surface area contributed by atoms with Crippen LogP contribution in [0, 0.1) is 0 Å². The van der Waals surface area contributed by atoms with Gasteiger partial charge in [-0.15, -0.1) is 0 Å². The summed E-state index contributed by atoms with van der Waals surface area (Å²) in [6, 6.07) is 8.30. The van der Waals surface area contributed by atoms with Crippen LogP contribution in [0.25, 0.3) is 0 Å². The van der Waals surface area contributed by atoms with Gasteiger partial charge in [0, 0.05) is 11.6 Å². The van der Waals surface area contributed by atoms with Gasteiger partial charge in [0.15, 0.2) is 0 Å². The maximum absolute atomic E-state index is 13.1. The quantitative estimate of drug-likeness (QED) is 0.564. The zero-order chi connectivity index (χ0) is 19.9. The highest BCUT2D eigenvalue weighted by Crippen LogP contribution is 2.51. The second kappa shape index (κ2) is 7.90. The molecule has 0 saturated carbocycles.